The van der Waals surface area contributed by atoms with E-state index in [1.54, 1.807) is 0 Å². The van der Waals surface area contributed by atoms with Crippen LogP contribution in [0.3, 0.4) is 0 Å². The molecule has 26 heavy (non-hydrogen) atoms. The van der Waals surface area contributed by atoms with E-state index < -0.39 is 0 Å². The first-order chi connectivity index (χ1) is 12.5. The molecule has 1 aromatic rings. The van der Waals surface area contributed by atoms with Gasteiger partial charge >= 0.3 is 0 Å². The molecule has 5 aliphatic rings. The molecular formula is C23H32N2O. The number of piperazine rings is 1. The standard InChI is InChI=1S/C23H32N2O/c1-17-3-5-20(6-4-17)22-12-18-11-19(13-22)15-23(14-18,16-22)21(26)25-9-7-24(2)8-10-25/h3-6,18-19H,7-16H2,1-2H3/t18-,19-,22?,23?/m0/s1. The molecule has 3 nitrogen and oxygen atoms in total. The van der Waals surface area contributed by atoms with E-state index in [0.29, 0.717) is 5.91 Å². The van der Waals surface area contributed by atoms with Crippen molar-refractivity contribution >= 4 is 5.91 Å². The summed E-state index contributed by atoms with van der Waals surface area (Å²) in [6.07, 6.45) is 7.39. The van der Waals surface area contributed by atoms with Crippen LogP contribution in [0.25, 0.3) is 0 Å². The lowest BCUT2D eigenvalue weighted by molar-refractivity contribution is -0.161. The lowest BCUT2D eigenvalue weighted by Gasteiger charge is -2.62. The van der Waals surface area contributed by atoms with Crippen LogP contribution in [-0.4, -0.2) is 48.9 Å². The maximum absolute atomic E-state index is 13.7. The van der Waals surface area contributed by atoms with Gasteiger partial charge in [0.05, 0.1) is 5.41 Å². The van der Waals surface area contributed by atoms with Crippen LogP contribution in [0.1, 0.15) is 49.7 Å². The highest BCUT2D eigenvalue weighted by Gasteiger charge is 2.61. The third kappa shape index (κ3) is 2.54. The number of aryl methyl sites for hydroxylation is 1. The molecule has 0 N–H and O–H groups in total. The topological polar surface area (TPSA) is 23.6 Å². The van der Waals surface area contributed by atoms with Gasteiger partial charge in [-0.2, -0.15) is 0 Å². The predicted molar refractivity (Wildman–Crippen MR) is 104 cm³/mol. The van der Waals surface area contributed by atoms with Crippen molar-refractivity contribution in [3.05, 3.63) is 35.4 Å². The minimum atomic E-state index is -0.0646. The molecule has 4 bridgehead atoms. The Morgan fingerprint density at radius 1 is 0.962 bits per heavy atom. The van der Waals surface area contributed by atoms with E-state index in [1.165, 1.54) is 30.4 Å². The fourth-order valence-corrected chi connectivity index (χ4v) is 7.10. The highest BCUT2D eigenvalue weighted by molar-refractivity contribution is 5.84. The molecule has 1 aromatic carbocycles. The molecule has 2 atom stereocenters. The van der Waals surface area contributed by atoms with E-state index in [1.807, 2.05) is 0 Å². The van der Waals surface area contributed by atoms with E-state index >= 15 is 0 Å². The predicted octanol–water partition coefficient (Wildman–Crippen LogP) is 3.61. The van der Waals surface area contributed by atoms with E-state index in [0.717, 1.165) is 57.3 Å². The van der Waals surface area contributed by atoms with Gasteiger partial charge in [-0.25, -0.2) is 0 Å². The molecule has 0 aromatic heterocycles. The van der Waals surface area contributed by atoms with Crippen molar-refractivity contribution < 1.29 is 4.79 Å². The summed E-state index contributed by atoms with van der Waals surface area (Å²) in [5, 5.41) is 0. The quantitative estimate of drug-likeness (QED) is 0.812. The fourth-order valence-electron chi connectivity index (χ4n) is 7.10. The second-order valence-corrected chi connectivity index (χ2v) is 9.98. The Balaban J connectivity index is 1.47. The molecular weight excluding hydrogens is 320 g/mol. The zero-order valence-corrected chi connectivity index (χ0v) is 16.3. The summed E-state index contributed by atoms with van der Waals surface area (Å²) >= 11 is 0. The maximum atomic E-state index is 13.7. The van der Waals surface area contributed by atoms with Gasteiger partial charge < -0.3 is 9.80 Å². The molecule has 3 heteroatoms. The molecule has 4 saturated carbocycles. The molecule has 0 spiro atoms. The average molecular weight is 353 g/mol. The zero-order chi connectivity index (χ0) is 17.9. The van der Waals surface area contributed by atoms with Gasteiger partial charge in [-0.05, 0) is 75.3 Å². The van der Waals surface area contributed by atoms with Crippen molar-refractivity contribution in [1.82, 2.24) is 9.80 Å². The number of nitrogens with zero attached hydrogens (tertiary/aromatic N) is 2. The fraction of sp³-hybridized carbons (Fsp3) is 0.696. The molecule has 0 radical (unpaired) electrons. The van der Waals surface area contributed by atoms with Gasteiger partial charge in [0.25, 0.3) is 0 Å². The lowest BCUT2D eigenvalue weighted by atomic mass is 9.42. The number of rotatable bonds is 2. The van der Waals surface area contributed by atoms with Crippen molar-refractivity contribution in [2.45, 2.75) is 50.9 Å². The summed E-state index contributed by atoms with van der Waals surface area (Å²) in [6.45, 7) is 6.06. The molecule has 5 fully saturated rings. The summed E-state index contributed by atoms with van der Waals surface area (Å²) in [5.74, 6) is 2.01. The number of hydrogen-bond acceptors (Lipinski definition) is 2. The van der Waals surface area contributed by atoms with E-state index in [9.17, 15) is 4.79 Å². The summed E-state index contributed by atoms with van der Waals surface area (Å²) in [6, 6.07) is 9.25. The number of amides is 1. The number of hydrogen-bond donors (Lipinski definition) is 0. The van der Waals surface area contributed by atoms with Gasteiger partial charge in [0.15, 0.2) is 0 Å². The van der Waals surface area contributed by atoms with Gasteiger partial charge in [-0.15, -0.1) is 0 Å². The van der Waals surface area contributed by atoms with Crippen LogP contribution in [0.2, 0.25) is 0 Å². The van der Waals surface area contributed by atoms with Crippen molar-refractivity contribution in [3.63, 3.8) is 0 Å². The minimum Gasteiger partial charge on any atom is -0.340 e. The summed E-state index contributed by atoms with van der Waals surface area (Å²) in [7, 11) is 2.17. The average Bonchev–Trinajstić information content (AvgIpc) is 2.61. The Hall–Kier alpha value is -1.35. The van der Waals surface area contributed by atoms with Crippen molar-refractivity contribution in [2.75, 3.05) is 33.2 Å². The Kier molecular flexibility index (Phi) is 3.76. The number of carbonyl (C=O) groups is 1. The zero-order valence-electron chi connectivity index (χ0n) is 16.3. The van der Waals surface area contributed by atoms with Crippen LogP contribution < -0.4 is 0 Å². The summed E-state index contributed by atoms with van der Waals surface area (Å²) < 4.78 is 0. The number of likely N-dealkylation sites (N-methyl/N-ethyl adjacent to an activating group) is 1. The molecule has 1 amide bonds. The van der Waals surface area contributed by atoms with E-state index in [2.05, 4.69) is 48.0 Å². The Morgan fingerprint density at radius 3 is 2.19 bits per heavy atom. The van der Waals surface area contributed by atoms with Crippen LogP contribution in [0, 0.1) is 24.2 Å². The second-order valence-electron chi connectivity index (χ2n) is 9.98. The first-order valence-corrected chi connectivity index (χ1v) is 10.5. The monoisotopic (exact) mass is 352 g/mol. The van der Waals surface area contributed by atoms with Gasteiger partial charge in [0, 0.05) is 26.2 Å². The highest BCUT2D eigenvalue weighted by atomic mass is 16.2. The normalized spacial score (nSPS) is 39.4. The SMILES string of the molecule is Cc1ccc(C23C[C@@H]4C[C@H](CC(C(=O)N5CCN(C)CC5)(C4)C2)C3)cc1. The Morgan fingerprint density at radius 2 is 1.58 bits per heavy atom. The first-order valence-electron chi connectivity index (χ1n) is 10.5. The van der Waals surface area contributed by atoms with Gasteiger partial charge in [-0.1, -0.05) is 29.8 Å². The van der Waals surface area contributed by atoms with Crippen molar-refractivity contribution in [1.29, 1.82) is 0 Å². The molecule has 140 valence electrons. The summed E-state index contributed by atoms with van der Waals surface area (Å²) in [5.41, 5.74) is 3.04. The minimum absolute atomic E-state index is 0.0646. The smallest absolute Gasteiger partial charge is 0.228 e. The van der Waals surface area contributed by atoms with Crippen LogP contribution in [0.15, 0.2) is 24.3 Å². The molecule has 0 unspecified atom stereocenters. The first kappa shape index (κ1) is 16.8. The Labute approximate surface area is 157 Å². The summed E-state index contributed by atoms with van der Waals surface area (Å²) in [4.78, 5) is 18.2. The second kappa shape index (κ2) is 5.82. The molecule has 4 aliphatic carbocycles. The van der Waals surface area contributed by atoms with Crippen LogP contribution in [0.4, 0.5) is 0 Å². The number of carbonyl (C=O) groups excluding carboxylic acids is 1. The van der Waals surface area contributed by atoms with Crippen molar-refractivity contribution in [3.8, 4) is 0 Å². The van der Waals surface area contributed by atoms with Crippen molar-refractivity contribution in [2.24, 2.45) is 17.3 Å². The molecule has 6 rings (SSSR count). The van der Waals surface area contributed by atoms with Crippen LogP contribution in [0.5, 0.6) is 0 Å². The number of benzene rings is 1. The molecule has 1 saturated heterocycles. The van der Waals surface area contributed by atoms with Crippen LogP contribution >= 0.6 is 0 Å². The van der Waals surface area contributed by atoms with Crippen LogP contribution in [-0.2, 0) is 10.2 Å². The molecule has 1 heterocycles. The highest BCUT2D eigenvalue weighted by Crippen LogP contribution is 2.66. The third-order valence-corrected chi connectivity index (χ3v) is 7.97. The van der Waals surface area contributed by atoms with E-state index in [4.69, 9.17) is 0 Å². The maximum Gasteiger partial charge on any atom is 0.228 e. The van der Waals surface area contributed by atoms with Gasteiger partial charge in [0.2, 0.25) is 5.91 Å². The van der Waals surface area contributed by atoms with Gasteiger partial charge in [0.1, 0.15) is 0 Å². The largest absolute Gasteiger partial charge is 0.340 e. The third-order valence-electron chi connectivity index (χ3n) is 7.97. The van der Waals surface area contributed by atoms with E-state index in [-0.39, 0.29) is 10.8 Å². The van der Waals surface area contributed by atoms with Gasteiger partial charge in [-0.3, -0.25) is 4.79 Å². The Bertz CT molecular complexity index is 687. The lowest BCUT2D eigenvalue weighted by Crippen LogP contribution is -2.61. The molecule has 1 aliphatic heterocycles.